The minimum absolute atomic E-state index is 0.00939. The molecule has 0 aliphatic rings. The van der Waals surface area contributed by atoms with Crippen molar-refractivity contribution in [3.63, 3.8) is 0 Å². The Balaban J connectivity index is 2.39. The molecule has 0 unspecified atom stereocenters. The first kappa shape index (κ1) is 20.2. The van der Waals surface area contributed by atoms with Gasteiger partial charge in [-0.2, -0.15) is 21.6 Å². The molecule has 1 aromatic heterocycles. The highest BCUT2D eigenvalue weighted by Gasteiger charge is 2.35. The third-order valence-electron chi connectivity index (χ3n) is 3.29. The van der Waals surface area contributed by atoms with Gasteiger partial charge in [0, 0.05) is 11.6 Å². The fourth-order valence-electron chi connectivity index (χ4n) is 2.21. The SMILES string of the molecule is CCCOc1ccc(-c2cc([C@H](C)OS(C)(=O)=O)on2)c(C(F)(F)F)c1. The summed E-state index contributed by atoms with van der Waals surface area (Å²) in [5.74, 6) is 0.0882. The number of hydrogen-bond donors (Lipinski definition) is 0. The fourth-order valence-corrected chi connectivity index (χ4v) is 2.83. The van der Waals surface area contributed by atoms with Crippen LogP contribution in [0.15, 0.2) is 28.8 Å². The second-order valence-corrected chi connectivity index (χ2v) is 7.21. The highest BCUT2D eigenvalue weighted by Crippen LogP contribution is 2.39. The van der Waals surface area contributed by atoms with E-state index in [0.717, 1.165) is 12.3 Å². The number of rotatable bonds is 7. The molecule has 2 aromatic rings. The zero-order chi connectivity index (χ0) is 19.5. The van der Waals surface area contributed by atoms with Crippen LogP contribution in [0.4, 0.5) is 13.2 Å². The Labute approximate surface area is 149 Å². The van der Waals surface area contributed by atoms with E-state index in [9.17, 15) is 21.6 Å². The van der Waals surface area contributed by atoms with Gasteiger partial charge in [0.2, 0.25) is 0 Å². The Bertz CT molecular complexity index is 861. The van der Waals surface area contributed by atoms with Gasteiger partial charge in [0.1, 0.15) is 17.5 Å². The molecule has 0 aliphatic heterocycles. The maximum atomic E-state index is 13.4. The normalized spacial score (nSPS) is 13.6. The molecule has 1 atom stereocenters. The number of ether oxygens (including phenoxy) is 1. The van der Waals surface area contributed by atoms with E-state index in [2.05, 4.69) is 5.16 Å². The molecule has 1 heterocycles. The molecule has 0 spiro atoms. The molecule has 144 valence electrons. The van der Waals surface area contributed by atoms with Crippen molar-refractivity contribution in [3.8, 4) is 17.0 Å². The Morgan fingerprint density at radius 1 is 1.27 bits per heavy atom. The molecule has 6 nitrogen and oxygen atoms in total. The summed E-state index contributed by atoms with van der Waals surface area (Å²) in [6, 6.07) is 4.76. The van der Waals surface area contributed by atoms with Gasteiger partial charge < -0.3 is 9.26 Å². The number of aromatic nitrogens is 1. The molecule has 0 radical (unpaired) electrons. The van der Waals surface area contributed by atoms with Crippen LogP contribution < -0.4 is 4.74 Å². The predicted molar refractivity (Wildman–Crippen MR) is 87.1 cm³/mol. The smallest absolute Gasteiger partial charge is 0.417 e. The number of hydrogen-bond acceptors (Lipinski definition) is 6. The van der Waals surface area contributed by atoms with Crippen molar-refractivity contribution in [2.75, 3.05) is 12.9 Å². The Morgan fingerprint density at radius 2 is 1.96 bits per heavy atom. The van der Waals surface area contributed by atoms with Crippen molar-refractivity contribution in [2.45, 2.75) is 32.5 Å². The van der Waals surface area contributed by atoms with E-state index in [-0.39, 0.29) is 22.8 Å². The van der Waals surface area contributed by atoms with E-state index in [0.29, 0.717) is 13.0 Å². The lowest BCUT2D eigenvalue weighted by atomic mass is 10.0. The van der Waals surface area contributed by atoms with Gasteiger partial charge in [0.15, 0.2) is 5.76 Å². The van der Waals surface area contributed by atoms with Gasteiger partial charge in [-0.3, -0.25) is 4.18 Å². The molecule has 1 aromatic carbocycles. The van der Waals surface area contributed by atoms with E-state index in [1.807, 2.05) is 6.92 Å². The van der Waals surface area contributed by atoms with Gasteiger partial charge in [-0.15, -0.1) is 0 Å². The number of halogens is 3. The van der Waals surface area contributed by atoms with Crippen LogP contribution in [0.25, 0.3) is 11.3 Å². The summed E-state index contributed by atoms with van der Waals surface area (Å²) in [5.41, 5.74) is -1.22. The van der Waals surface area contributed by atoms with Crippen molar-refractivity contribution in [2.24, 2.45) is 0 Å². The topological polar surface area (TPSA) is 78.6 Å². The maximum Gasteiger partial charge on any atom is 0.417 e. The van der Waals surface area contributed by atoms with Crippen LogP contribution in [0.2, 0.25) is 0 Å². The predicted octanol–water partition coefficient (Wildman–Crippen LogP) is 4.19. The first-order valence-corrected chi connectivity index (χ1v) is 9.52. The summed E-state index contributed by atoms with van der Waals surface area (Å²) in [7, 11) is -3.76. The highest BCUT2D eigenvalue weighted by atomic mass is 32.2. The van der Waals surface area contributed by atoms with Gasteiger partial charge >= 0.3 is 6.18 Å². The lowest BCUT2D eigenvalue weighted by Gasteiger charge is -2.13. The van der Waals surface area contributed by atoms with Gasteiger partial charge in [-0.25, -0.2) is 0 Å². The second kappa shape index (κ2) is 7.67. The zero-order valence-electron chi connectivity index (χ0n) is 14.3. The van der Waals surface area contributed by atoms with Crippen molar-refractivity contribution in [3.05, 3.63) is 35.6 Å². The van der Waals surface area contributed by atoms with E-state index in [1.54, 1.807) is 0 Å². The van der Waals surface area contributed by atoms with E-state index in [1.165, 1.54) is 25.1 Å². The molecule has 0 amide bonds. The lowest BCUT2D eigenvalue weighted by molar-refractivity contribution is -0.137. The molecule has 10 heteroatoms. The minimum Gasteiger partial charge on any atom is -0.494 e. The fraction of sp³-hybridized carbons (Fsp3) is 0.438. The number of nitrogens with zero attached hydrogens (tertiary/aromatic N) is 1. The van der Waals surface area contributed by atoms with Crippen molar-refractivity contribution >= 4 is 10.1 Å². The number of alkyl halides is 3. The summed E-state index contributed by atoms with van der Waals surface area (Å²) in [4.78, 5) is 0. The zero-order valence-corrected chi connectivity index (χ0v) is 15.1. The monoisotopic (exact) mass is 393 g/mol. The van der Waals surface area contributed by atoms with Crippen LogP contribution in [0.1, 0.15) is 37.7 Å². The first-order valence-electron chi connectivity index (χ1n) is 7.70. The Kier molecular flexibility index (Phi) is 5.97. The van der Waals surface area contributed by atoms with Crippen LogP contribution in [-0.2, 0) is 20.5 Å². The van der Waals surface area contributed by atoms with Crippen LogP contribution in [0, 0.1) is 0 Å². The number of benzene rings is 1. The molecule has 0 aliphatic carbocycles. The molecule has 0 saturated heterocycles. The van der Waals surface area contributed by atoms with Gasteiger partial charge in [0.05, 0.1) is 18.4 Å². The van der Waals surface area contributed by atoms with Crippen LogP contribution >= 0.6 is 0 Å². The molecule has 0 bridgehead atoms. The van der Waals surface area contributed by atoms with E-state index >= 15 is 0 Å². The van der Waals surface area contributed by atoms with Crippen molar-refractivity contribution in [1.29, 1.82) is 0 Å². The van der Waals surface area contributed by atoms with Gasteiger partial charge in [-0.1, -0.05) is 12.1 Å². The van der Waals surface area contributed by atoms with Crippen molar-refractivity contribution < 1.29 is 35.0 Å². The summed E-state index contributed by atoms with van der Waals surface area (Å²) in [6.07, 6.45) is -4.13. The third-order valence-corrected chi connectivity index (χ3v) is 3.93. The Hall–Kier alpha value is -2.07. The highest BCUT2D eigenvalue weighted by molar-refractivity contribution is 7.86. The molecular formula is C16H18F3NO5S. The molecule has 0 N–H and O–H groups in total. The van der Waals surface area contributed by atoms with Gasteiger partial charge in [-0.05, 0) is 31.5 Å². The molecular weight excluding hydrogens is 375 g/mol. The average molecular weight is 393 g/mol. The quantitative estimate of drug-likeness (QED) is 0.657. The Morgan fingerprint density at radius 3 is 2.54 bits per heavy atom. The summed E-state index contributed by atoms with van der Waals surface area (Å²) >= 11 is 0. The first-order chi connectivity index (χ1) is 12.0. The maximum absolute atomic E-state index is 13.4. The molecule has 0 fully saturated rings. The second-order valence-electron chi connectivity index (χ2n) is 5.61. The van der Waals surface area contributed by atoms with Crippen LogP contribution in [-0.4, -0.2) is 26.4 Å². The standard InChI is InChI=1S/C16H18F3NO5S/c1-4-7-23-11-5-6-12(13(8-11)16(17,18)19)14-9-15(24-20-14)10(2)25-26(3,21)22/h5-6,8-10H,4,7H2,1-3H3/t10-/m0/s1. The minimum atomic E-state index is -4.63. The summed E-state index contributed by atoms with van der Waals surface area (Å²) < 4.78 is 77.5. The summed E-state index contributed by atoms with van der Waals surface area (Å²) in [6.45, 7) is 3.53. The van der Waals surface area contributed by atoms with Crippen LogP contribution in [0.5, 0.6) is 5.75 Å². The van der Waals surface area contributed by atoms with Crippen molar-refractivity contribution in [1.82, 2.24) is 5.16 Å². The molecule has 0 saturated carbocycles. The van der Waals surface area contributed by atoms with E-state index < -0.39 is 28.0 Å². The largest absolute Gasteiger partial charge is 0.494 e. The van der Waals surface area contributed by atoms with Gasteiger partial charge in [0.25, 0.3) is 10.1 Å². The third kappa shape index (κ3) is 5.21. The summed E-state index contributed by atoms with van der Waals surface area (Å²) in [5, 5.41) is 3.61. The molecule has 26 heavy (non-hydrogen) atoms. The van der Waals surface area contributed by atoms with E-state index in [4.69, 9.17) is 13.4 Å². The lowest BCUT2D eigenvalue weighted by Crippen LogP contribution is -2.08. The average Bonchev–Trinajstić information content (AvgIpc) is 3.00. The van der Waals surface area contributed by atoms with Crippen LogP contribution in [0.3, 0.4) is 0 Å². The molecule has 2 rings (SSSR count).